The number of methoxy groups -OCH3 is 1. The number of hydrogen-bond donors (Lipinski definition) is 1. The molecule has 0 atom stereocenters. The summed E-state index contributed by atoms with van der Waals surface area (Å²) in [5, 5.41) is 14.5. The standard InChI is InChI=1S/C14H21ClN4O3/c1-17-6-7-18(10-17)5-3-4-16-12-9-14(22-2)11(15)8-13(12)19(20)21/h8-9,16H,3-7,10H2,1-2H3. The predicted molar refractivity (Wildman–Crippen MR) is 86.8 cm³/mol. The van der Waals surface area contributed by atoms with E-state index >= 15 is 0 Å². The third kappa shape index (κ3) is 4.22. The summed E-state index contributed by atoms with van der Waals surface area (Å²) < 4.78 is 5.11. The maximum absolute atomic E-state index is 11.1. The lowest BCUT2D eigenvalue weighted by molar-refractivity contribution is -0.384. The number of halogens is 1. The second kappa shape index (κ2) is 7.62. The monoisotopic (exact) mass is 328 g/mol. The zero-order chi connectivity index (χ0) is 16.1. The molecular weight excluding hydrogens is 308 g/mol. The van der Waals surface area contributed by atoms with Crippen LogP contribution in [0.25, 0.3) is 0 Å². The number of benzene rings is 1. The average molecular weight is 329 g/mol. The van der Waals surface area contributed by atoms with Crippen molar-refractivity contribution in [3.63, 3.8) is 0 Å². The minimum absolute atomic E-state index is 0.0355. The summed E-state index contributed by atoms with van der Waals surface area (Å²) in [5.74, 6) is 0.427. The molecule has 0 radical (unpaired) electrons. The molecule has 1 N–H and O–H groups in total. The quantitative estimate of drug-likeness (QED) is 0.470. The van der Waals surface area contributed by atoms with Gasteiger partial charge in [0, 0.05) is 38.3 Å². The first-order valence-electron chi connectivity index (χ1n) is 7.18. The number of anilines is 1. The molecule has 1 saturated heterocycles. The van der Waals surface area contributed by atoms with Gasteiger partial charge in [-0.1, -0.05) is 11.6 Å². The van der Waals surface area contributed by atoms with Gasteiger partial charge in [-0.25, -0.2) is 0 Å². The van der Waals surface area contributed by atoms with Crippen molar-refractivity contribution in [2.24, 2.45) is 0 Å². The Balaban J connectivity index is 1.92. The highest BCUT2D eigenvalue weighted by Gasteiger charge is 2.18. The fourth-order valence-electron chi connectivity index (χ4n) is 2.50. The van der Waals surface area contributed by atoms with Crippen molar-refractivity contribution in [3.05, 3.63) is 27.3 Å². The summed E-state index contributed by atoms with van der Waals surface area (Å²) in [6, 6.07) is 2.89. The van der Waals surface area contributed by atoms with Gasteiger partial charge in [0.25, 0.3) is 5.69 Å². The highest BCUT2D eigenvalue weighted by atomic mass is 35.5. The molecule has 0 unspecified atom stereocenters. The molecule has 0 amide bonds. The topological polar surface area (TPSA) is 70.9 Å². The van der Waals surface area contributed by atoms with Crippen molar-refractivity contribution in [2.45, 2.75) is 6.42 Å². The van der Waals surface area contributed by atoms with E-state index in [0.717, 1.165) is 32.7 Å². The summed E-state index contributed by atoms with van der Waals surface area (Å²) in [5.41, 5.74) is 0.400. The third-order valence-electron chi connectivity index (χ3n) is 3.67. The van der Waals surface area contributed by atoms with E-state index in [1.165, 1.54) is 13.2 Å². The predicted octanol–water partition coefficient (Wildman–Crippen LogP) is 2.26. The van der Waals surface area contributed by atoms with Crippen molar-refractivity contribution in [3.8, 4) is 5.75 Å². The van der Waals surface area contributed by atoms with Crippen LogP contribution in [0, 0.1) is 10.1 Å². The van der Waals surface area contributed by atoms with Crippen molar-refractivity contribution in [2.75, 3.05) is 52.3 Å². The molecular formula is C14H21ClN4O3. The van der Waals surface area contributed by atoms with Gasteiger partial charge in [-0.15, -0.1) is 0 Å². The summed E-state index contributed by atoms with van der Waals surface area (Å²) >= 11 is 5.94. The molecule has 1 aromatic carbocycles. The molecule has 0 spiro atoms. The van der Waals surface area contributed by atoms with E-state index in [0.29, 0.717) is 18.0 Å². The van der Waals surface area contributed by atoms with Crippen LogP contribution in [0.3, 0.4) is 0 Å². The van der Waals surface area contributed by atoms with Crippen LogP contribution in [0.15, 0.2) is 12.1 Å². The molecule has 0 saturated carbocycles. The average Bonchev–Trinajstić information content (AvgIpc) is 2.89. The Morgan fingerprint density at radius 1 is 1.45 bits per heavy atom. The maximum Gasteiger partial charge on any atom is 0.294 e. The molecule has 0 bridgehead atoms. The van der Waals surface area contributed by atoms with Gasteiger partial charge in [-0.05, 0) is 13.5 Å². The Hall–Kier alpha value is -1.57. The number of nitrogens with one attached hydrogen (secondary N) is 1. The highest BCUT2D eigenvalue weighted by Crippen LogP contribution is 2.35. The number of hydrogen-bond acceptors (Lipinski definition) is 6. The van der Waals surface area contributed by atoms with Crippen molar-refractivity contribution in [1.82, 2.24) is 9.80 Å². The molecule has 1 aliphatic rings. The number of likely N-dealkylation sites (N-methyl/N-ethyl adjacent to an activating group) is 1. The molecule has 8 heteroatoms. The fraction of sp³-hybridized carbons (Fsp3) is 0.571. The lowest BCUT2D eigenvalue weighted by Gasteiger charge is -2.15. The van der Waals surface area contributed by atoms with Gasteiger partial charge in [0.05, 0.1) is 23.7 Å². The molecule has 122 valence electrons. The van der Waals surface area contributed by atoms with Crippen molar-refractivity contribution >= 4 is 23.0 Å². The van der Waals surface area contributed by atoms with Crippen LogP contribution in [0.4, 0.5) is 11.4 Å². The summed E-state index contributed by atoms with van der Waals surface area (Å²) in [6.45, 7) is 4.77. The van der Waals surface area contributed by atoms with Gasteiger partial charge in [-0.2, -0.15) is 0 Å². The maximum atomic E-state index is 11.1. The number of nitrogens with zero attached hydrogens (tertiary/aromatic N) is 3. The smallest absolute Gasteiger partial charge is 0.294 e. The second-order valence-corrected chi connectivity index (χ2v) is 5.79. The Morgan fingerprint density at radius 3 is 2.82 bits per heavy atom. The Morgan fingerprint density at radius 2 is 2.23 bits per heavy atom. The van der Waals surface area contributed by atoms with E-state index in [1.807, 2.05) is 0 Å². The molecule has 0 aromatic heterocycles. The van der Waals surface area contributed by atoms with E-state index in [1.54, 1.807) is 6.07 Å². The van der Waals surface area contributed by atoms with Crippen LogP contribution < -0.4 is 10.1 Å². The van der Waals surface area contributed by atoms with Crippen LogP contribution in [0.2, 0.25) is 5.02 Å². The van der Waals surface area contributed by atoms with Gasteiger partial charge >= 0.3 is 0 Å². The van der Waals surface area contributed by atoms with E-state index < -0.39 is 4.92 Å². The minimum Gasteiger partial charge on any atom is -0.495 e. The van der Waals surface area contributed by atoms with Crippen LogP contribution in [-0.2, 0) is 0 Å². The Labute approximate surface area is 134 Å². The Bertz CT molecular complexity index is 541. The van der Waals surface area contributed by atoms with E-state index in [-0.39, 0.29) is 10.7 Å². The summed E-state index contributed by atoms with van der Waals surface area (Å²) in [4.78, 5) is 15.3. The van der Waals surface area contributed by atoms with Gasteiger partial charge in [0.2, 0.25) is 0 Å². The molecule has 2 rings (SSSR count). The fourth-order valence-corrected chi connectivity index (χ4v) is 2.73. The van der Waals surface area contributed by atoms with Crippen LogP contribution in [0.1, 0.15) is 6.42 Å². The van der Waals surface area contributed by atoms with Gasteiger partial charge < -0.3 is 10.1 Å². The van der Waals surface area contributed by atoms with Gasteiger partial charge in [0.1, 0.15) is 11.4 Å². The lowest BCUT2D eigenvalue weighted by Crippen LogP contribution is -2.25. The first kappa shape index (κ1) is 16.8. The van der Waals surface area contributed by atoms with Crippen LogP contribution in [0.5, 0.6) is 5.75 Å². The van der Waals surface area contributed by atoms with Crippen LogP contribution in [-0.4, -0.2) is 61.7 Å². The first-order chi connectivity index (χ1) is 10.5. The largest absolute Gasteiger partial charge is 0.495 e. The highest BCUT2D eigenvalue weighted by molar-refractivity contribution is 6.32. The second-order valence-electron chi connectivity index (χ2n) is 5.38. The third-order valence-corrected chi connectivity index (χ3v) is 3.97. The van der Waals surface area contributed by atoms with Crippen molar-refractivity contribution in [1.29, 1.82) is 0 Å². The zero-order valence-corrected chi connectivity index (χ0v) is 13.6. The molecule has 1 heterocycles. The Kier molecular flexibility index (Phi) is 5.82. The molecule has 1 aliphatic heterocycles. The van der Waals surface area contributed by atoms with E-state index in [2.05, 4.69) is 22.2 Å². The zero-order valence-electron chi connectivity index (χ0n) is 12.8. The van der Waals surface area contributed by atoms with Crippen molar-refractivity contribution < 1.29 is 9.66 Å². The summed E-state index contributed by atoms with van der Waals surface area (Å²) in [7, 11) is 3.59. The molecule has 1 aromatic rings. The molecule has 0 aliphatic carbocycles. The molecule has 22 heavy (non-hydrogen) atoms. The van der Waals surface area contributed by atoms with E-state index in [4.69, 9.17) is 16.3 Å². The number of ether oxygens (including phenoxy) is 1. The minimum atomic E-state index is -0.441. The normalized spacial score (nSPS) is 16.0. The number of rotatable bonds is 7. The molecule has 1 fully saturated rings. The van der Waals surface area contributed by atoms with Gasteiger partial charge in [0.15, 0.2) is 0 Å². The molecule has 7 nitrogen and oxygen atoms in total. The first-order valence-corrected chi connectivity index (χ1v) is 7.55. The summed E-state index contributed by atoms with van der Waals surface area (Å²) in [6.07, 6.45) is 0.913. The lowest BCUT2D eigenvalue weighted by atomic mass is 10.2. The number of nitro benzene ring substituents is 1. The SMILES string of the molecule is COc1cc(NCCCN2CCN(C)C2)c([N+](=O)[O-])cc1Cl. The van der Waals surface area contributed by atoms with E-state index in [9.17, 15) is 10.1 Å². The van der Waals surface area contributed by atoms with Crippen LogP contribution >= 0.6 is 11.6 Å². The van der Waals surface area contributed by atoms with Gasteiger partial charge in [-0.3, -0.25) is 19.9 Å². The number of nitro groups is 1.